The first kappa shape index (κ1) is 14.6. The third-order valence-corrected chi connectivity index (χ3v) is 4.43. The molecule has 2 rings (SSSR count). The molecular weight excluding hydrogens is 230 g/mol. The first-order chi connectivity index (χ1) is 9.19. The first-order valence-electron chi connectivity index (χ1n) is 7.97. The van der Waals surface area contributed by atoms with Crippen molar-refractivity contribution in [1.82, 2.24) is 5.32 Å². The van der Waals surface area contributed by atoms with E-state index in [9.17, 15) is 0 Å². The molecule has 2 unspecified atom stereocenters. The van der Waals surface area contributed by atoms with Crippen LogP contribution in [0.5, 0.6) is 0 Å². The van der Waals surface area contributed by atoms with Crippen molar-refractivity contribution >= 4 is 0 Å². The lowest BCUT2D eigenvalue weighted by Crippen LogP contribution is -2.26. The average molecular weight is 259 g/mol. The van der Waals surface area contributed by atoms with Crippen LogP contribution in [0.3, 0.4) is 0 Å². The standard InChI is InChI=1S/C18H29N/c1-4-8-19-13-18-7-5-6-17(18)12-16-10-14(2)9-15(3)11-16/h9-11,17-19H,4-8,12-13H2,1-3H3. The van der Waals surface area contributed by atoms with Gasteiger partial charge in [0.2, 0.25) is 0 Å². The molecule has 0 aliphatic heterocycles. The molecule has 1 aromatic rings. The maximum Gasteiger partial charge on any atom is -0.00178 e. The monoisotopic (exact) mass is 259 g/mol. The minimum atomic E-state index is 0.894. The molecule has 1 nitrogen and oxygen atoms in total. The SMILES string of the molecule is CCCNCC1CCCC1Cc1cc(C)cc(C)c1. The number of benzene rings is 1. The summed E-state index contributed by atoms with van der Waals surface area (Å²) in [4.78, 5) is 0. The van der Waals surface area contributed by atoms with Crippen LogP contribution in [0.2, 0.25) is 0 Å². The molecule has 1 N–H and O–H groups in total. The molecule has 0 aromatic heterocycles. The van der Waals surface area contributed by atoms with Crippen molar-refractivity contribution < 1.29 is 0 Å². The van der Waals surface area contributed by atoms with E-state index in [0.717, 1.165) is 11.8 Å². The van der Waals surface area contributed by atoms with Crippen LogP contribution >= 0.6 is 0 Å². The van der Waals surface area contributed by atoms with Crippen LogP contribution in [-0.4, -0.2) is 13.1 Å². The highest BCUT2D eigenvalue weighted by molar-refractivity contribution is 5.29. The first-order valence-corrected chi connectivity index (χ1v) is 7.97. The number of hydrogen-bond donors (Lipinski definition) is 1. The molecule has 0 amide bonds. The Balaban J connectivity index is 1.93. The molecule has 0 heterocycles. The Kier molecular flexibility index (Phi) is 5.45. The third kappa shape index (κ3) is 4.35. The minimum Gasteiger partial charge on any atom is -0.316 e. The number of rotatable bonds is 6. The maximum absolute atomic E-state index is 3.62. The average Bonchev–Trinajstić information content (AvgIpc) is 2.76. The Labute approximate surface area is 118 Å². The predicted molar refractivity (Wildman–Crippen MR) is 83.6 cm³/mol. The van der Waals surface area contributed by atoms with Gasteiger partial charge in [-0.3, -0.25) is 0 Å². The van der Waals surface area contributed by atoms with Crippen LogP contribution < -0.4 is 5.32 Å². The van der Waals surface area contributed by atoms with Gasteiger partial charge in [-0.05, 0) is 70.0 Å². The van der Waals surface area contributed by atoms with E-state index < -0.39 is 0 Å². The normalized spacial score (nSPS) is 22.9. The van der Waals surface area contributed by atoms with Gasteiger partial charge >= 0.3 is 0 Å². The van der Waals surface area contributed by atoms with Gasteiger partial charge in [-0.2, -0.15) is 0 Å². The molecule has 19 heavy (non-hydrogen) atoms. The highest BCUT2D eigenvalue weighted by Gasteiger charge is 2.26. The smallest absolute Gasteiger partial charge is 0.00178 e. The van der Waals surface area contributed by atoms with E-state index in [1.165, 1.54) is 56.3 Å². The van der Waals surface area contributed by atoms with Gasteiger partial charge in [0, 0.05) is 0 Å². The second kappa shape index (κ2) is 7.09. The molecule has 106 valence electrons. The molecule has 1 saturated carbocycles. The van der Waals surface area contributed by atoms with Gasteiger partial charge < -0.3 is 5.32 Å². The van der Waals surface area contributed by atoms with Crippen LogP contribution in [-0.2, 0) is 6.42 Å². The van der Waals surface area contributed by atoms with E-state index in [4.69, 9.17) is 0 Å². The van der Waals surface area contributed by atoms with E-state index >= 15 is 0 Å². The number of aryl methyl sites for hydroxylation is 2. The lowest BCUT2D eigenvalue weighted by atomic mass is 9.88. The molecule has 1 aromatic carbocycles. The summed E-state index contributed by atoms with van der Waals surface area (Å²) in [7, 11) is 0. The lowest BCUT2D eigenvalue weighted by Gasteiger charge is -2.20. The van der Waals surface area contributed by atoms with E-state index in [1.54, 1.807) is 5.56 Å². The van der Waals surface area contributed by atoms with Gasteiger partial charge in [0.25, 0.3) is 0 Å². The zero-order valence-corrected chi connectivity index (χ0v) is 12.8. The molecule has 0 spiro atoms. The van der Waals surface area contributed by atoms with Crippen molar-refractivity contribution in [2.75, 3.05) is 13.1 Å². The molecule has 1 aliphatic rings. The Morgan fingerprint density at radius 3 is 2.42 bits per heavy atom. The van der Waals surface area contributed by atoms with Gasteiger partial charge in [-0.15, -0.1) is 0 Å². The summed E-state index contributed by atoms with van der Waals surface area (Å²) in [5.41, 5.74) is 4.37. The van der Waals surface area contributed by atoms with Crippen molar-refractivity contribution in [2.45, 2.75) is 52.9 Å². The predicted octanol–water partition coefficient (Wildman–Crippen LogP) is 4.26. The number of hydrogen-bond acceptors (Lipinski definition) is 1. The Morgan fingerprint density at radius 1 is 1.05 bits per heavy atom. The zero-order valence-electron chi connectivity index (χ0n) is 12.8. The molecular formula is C18H29N. The molecule has 1 fully saturated rings. The van der Waals surface area contributed by atoms with Crippen LogP contribution in [0.25, 0.3) is 0 Å². The molecule has 1 aliphatic carbocycles. The third-order valence-electron chi connectivity index (χ3n) is 4.43. The fourth-order valence-corrected chi connectivity index (χ4v) is 3.60. The number of nitrogens with one attached hydrogen (secondary N) is 1. The second-order valence-corrected chi connectivity index (χ2v) is 6.36. The lowest BCUT2D eigenvalue weighted by molar-refractivity contribution is 0.365. The van der Waals surface area contributed by atoms with Crippen molar-refractivity contribution in [3.05, 3.63) is 34.9 Å². The van der Waals surface area contributed by atoms with E-state index in [2.05, 4.69) is 44.3 Å². The van der Waals surface area contributed by atoms with E-state index in [1.807, 2.05) is 0 Å². The molecule has 1 heteroatoms. The second-order valence-electron chi connectivity index (χ2n) is 6.36. The van der Waals surface area contributed by atoms with E-state index in [-0.39, 0.29) is 0 Å². The summed E-state index contributed by atoms with van der Waals surface area (Å²) in [5.74, 6) is 1.79. The highest BCUT2D eigenvalue weighted by Crippen LogP contribution is 2.34. The van der Waals surface area contributed by atoms with Crippen LogP contribution in [0.1, 0.15) is 49.3 Å². The largest absolute Gasteiger partial charge is 0.316 e. The summed E-state index contributed by atoms with van der Waals surface area (Å²) in [5, 5.41) is 3.62. The van der Waals surface area contributed by atoms with Crippen LogP contribution in [0, 0.1) is 25.7 Å². The Hall–Kier alpha value is -0.820. The van der Waals surface area contributed by atoms with Crippen LogP contribution in [0.15, 0.2) is 18.2 Å². The van der Waals surface area contributed by atoms with Crippen molar-refractivity contribution in [1.29, 1.82) is 0 Å². The summed E-state index contributed by atoms with van der Waals surface area (Å²) in [6, 6.07) is 7.03. The highest BCUT2D eigenvalue weighted by atomic mass is 14.9. The van der Waals surface area contributed by atoms with Gasteiger partial charge in [0.05, 0.1) is 0 Å². The summed E-state index contributed by atoms with van der Waals surface area (Å²) in [6.45, 7) is 9.07. The maximum atomic E-state index is 3.62. The van der Waals surface area contributed by atoms with Gasteiger partial charge in [0.1, 0.15) is 0 Å². The molecule has 2 atom stereocenters. The summed E-state index contributed by atoms with van der Waals surface area (Å²) in [6.07, 6.45) is 6.79. The fraction of sp³-hybridized carbons (Fsp3) is 0.667. The fourth-order valence-electron chi connectivity index (χ4n) is 3.60. The Bertz CT molecular complexity index is 376. The van der Waals surface area contributed by atoms with Crippen molar-refractivity contribution in [3.8, 4) is 0 Å². The van der Waals surface area contributed by atoms with Crippen LogP contribution in [0.4, 0.5) is 0 Å². The van der Waals surface area contributed by atoms with Gasteiger partial charge in [0.15, 0.2) is 0 Å². The van der Waals surface area contributed by atoms with Crippen molar-refractivity contribution in [3.63, 3.8) is 0 Å². The summed E-state index contributed by atoms with van der Waals surface area (Å²) < 4.78 is 0. The van der Waals surface area contributed by atoms with Gasteiger partial charge in [-0.1, -0.05) is 42.7 Å². The topological polar surface area (TPSA) is 12.0 Å². The summed E-state index contributed by atoms with van der Waals surface area (Å²) >= 11 is 0. The van der Waals surface area contributed by atoms with E-state index in [0.29, 0.717) is 0 Å². The minimum absolute atomic E-state index is 0.894. The molecule has 0 saturated heterocycles. The van der Waals surface area contributed by atoms with Crippen molar-refractivity contribution in [2.24, 2.45) is 11.8 Å². The quantitative estimate of drug-likeness (QED) is 0.753. The van der Waals surface area contributed by atoms with Gasteiger partial charge in [-0.25, -0.2) is 0 Å². The Morgan fingerprint density at radius 2 is 1.74 bits per heavy atom. The zero-order chi connectivity index (χ0) is 13.7. The molecule has 0 bridgehead atoms. The molecule has 0 radical (unpaired) electrons.